The van der Waals surface area contributed by atoms with E-state index < -0.39 is 27.7 Å². The Hall–Kier alpha value is -2.84. The second-order valence-corrected chi connectivity index (χ2v) is 9.32. The Morgan fingerprint density at radius 1 is 0.938 bits per heavy atom. The summed E-state index contributed by atoms with van der Waals surface area (Å²) < 4.78 is 67.3. The molecule has 0 saturated carbocycles. The van der Waals surface area contributed by atoms with Gasteiger partial charge in [0, 0.05) is 5.56 Å². The molecular weight excluding hydrogens is 460 g/mol. The second-order valence-electron chi connectivity index (χ2n) is 7.09. The Morgan fingerprint density at radius 3 is 2.25 bits per heavy atom. The van der Waals surface area contributed by atoms with Crippen LogP contribution in [-0.2, 0) is 10.0 Å². The van der Waals surface area contributed by atoms with E-state index in [4.69, 9.17) is 21.1 Å². The SMILES string of the molecule is COc1ccc(OC)c(C(C)N(c2ccc(C)c(F)c2)S(=O)(=O)c2ccc(F)c(Cl)c2)c1. The number of benzene rings is 3. The first-order valence-corrected chi connectivity index (χ1v) is 11.4. The summed E-state index contributed by atoms with van der Waals surface area (Å²) >= 11 is 5.85. The van der Waals surface area contributed by atoms with Crippen molar-refractivity contribution < 1.29 is 26.7 Å². The minimum atomic E-state index is -4.30. The highest BCUT2D eigenvalue weighted by molar-refractivity contribution is 7.92. The topological polar surface area (TPSA) is 55.8 Å². The number of rotatable bonds is 7. The molecule has 0 spiro atoms. The lowest BCUT2D eigenvalue weighted by molar-refractivity contribution is 0.396. The van der Waals surface area contributed by atoms with Gasteiger partial charge in [-0.25, -0.2) is 17.2 Å². The monoisotopic (exact) mass is 481 g/mol. The van der Waals surface area contributed by atoms with Crippen molar-refractivity contribution in [2.75, 3.05) is 18.5 Å². The smallest absolute Gasteiger partial charge is 0.264 e. The summed E-state index contributed by atoms with van der Waals surface area (Å²) in [5, 5.41) is -0.340. The molecule has 1 unspecified atom stereocenters. The number of ether oxygens (including phenoxy) is 2. The average molecular weight is 482 g/mol. The molecule has 0 aliphatic rings. The number of anilines is 1. The van der Waals surface area contributed by atoms with E-state index >= 15 is 0 Å². The Bertz CT molecular complexity index is 1250. The lowest BCUT2D eigenvalue weighted by Gasteiger charge is -2.32. The molecule has 0 aliphatic heterocycles. The maximum Gasteiger partial charge on any atom is 0.264 e. The van der Waals surface area contributed by atoms with Crippen LogP contribution in [0.25, 0.3) is 0 Å². The third-order valence-corrected chi connectivity index (χ3v) is 7.28. The van der Waals surface area contributed by atoms with E-state index in [1.54, 1.807) is 32.0 Å². The number of methoxy groups -OCH3 is 2. The van der Waals surface area contributed by atoms with E-state index in [1.807, 2.05) is 0 Å². The van der Waals surface area contributed by atoms with E-state index in [-0.39, 0.29) is 15.6 Å². The van der Waals surface area contributed by atoms with Crippen LogP contribution in [0.3, 0.4) is 0 Å². The highest BCUT2D eigenvalue weighted by atomic mass is 35.5. The number of hydrogen-bond acceptors (Lipinski definition) is 4. The maximum absolute atomic E-state index is 14.4. The van der Waals surface area contributed by atoms with E-state index in [2.05, 4.69) is 0 Å². The molecule has 0 fully saturated rings. The van der Waals surface area contributed by atoms with Crippen molar-refractivity contribution in [3.05, 3.63) is 82.4 Å². The fourth-order valence-corrected chi connectivity index (χ4v) is 5.23. The molecule has 3 aromatic carbocycles. The van der Waals surface area contributed by atoms with Crippen LogP contribution in [0.5, 0.6) is 11.5 Å². The summed E-state index contributed by atoms with van der Waals surface area (Å²) in [5.41, 5.74) is 0.943. The number of hydrogen-bond donors (Lipinski definition) is 0. The molecule has 3 aromatic rings. The summed E-state index contributed by atoms with van der Waals surface area (Å²) in [6.45, 7) is 3.21. The number of nitrogens with zero attached hydrogens (tertiary/aromatic N) is 1. The van der Waals surface area contributed by atoms with Gasteiger partial charge in [0.15, 0.2) is 0 Å². The minimum absolute atomic E-state index is 0.0888. The Kier molecular flexibility index (Phi) is 6.95. The standard InChI is InChI=1S/C23H22ClF2NO4S/c1-14-5-6-16(11-22(14)26)27(32(28,29)18-8-9-21(25)20(24)13-18)15(2)19-12-17(30-3)7-10-23(19)31-4/h5-13,15H,1-4H3. The molecule has 0 heterocycles. The molecule has 170 valence electrons. The molecule has 0 bridgehead atoms. The molecule has 0 amide bonds. The predicted octanol–water partition coefficient (Wildman–Crippen LogP) is 5.90. The fourth-order valence-electron chi connectivity index (χ4n) is 3.33. The number of sulfonamides is 1. The zero-order chi connectivity index (χ0) is 23.6. The van der Waals surface area contributed by atoms with Gasteiger partial charge in [0.05, 0.1) is 35.9 Å². The van der Waals surface area contributed by atoms with Gasteiger partial charge in [-0.2, -0.15) is 0 Å². The van der Waals surface area contributed by atoms with Gasteiger partial charge >= 0.3 is 0 Å². The van der Waals surface area contributed by atoms with Gasteiger partial charge in [-0.15, -0.1) is 0 Å². The molecule has 0 N–H and O–H groups in total. The van der Waals surface area contributed by atoms with Crippen molar-refractivity contribution in [1.82, 2.24) is 0 Å². The molecule has 0 saturated heterocycles. The van der Waals surface area contributed by atoms with Crippen molar-refractivity contribution in [3.8, 4) is 11.5 Å². The molecule has 32 heavy (non-hydrogen) atoms. The molecule has 1 atom stereocenters. The highest BCUT2D eigenvalue weighted by Gasteiger charge is 2.33. The molecular formula is C23H22ClF2NO4S. The number of halogens is 3. The third kappa shape index (κ3) is 4.52. The van der Waals surface area contributed by atoms with E-state index in [0.717, 1.165) is 28.6 Å². The van der Waals surface area contributed by atoms with Crippen LogP contribution in [0.15, 0.2) is 59.5 Å². The summed E-state index contributed by atoms with van der Waals surface area (Å²) in [4.78, 5) is -0.237. The van der Waals surface area contributed by atoms with Gasteiger partial charge in [0.25, 0.3) is 10.0 Å². The van der Waals surface area contributed by atoms with Crippen LogP contribution < -0.4 is 13.8 Å². The third-order valence-electron chi connectivity index (χ3n) is 5.10. The summed E-state index contributed by atoms with van der Waals surface area (Å²) in [6, 6.07) is 11.4. The van der Waals surface area contributed by atoms with Crippen molar-refractivity contribution >= 4 is 27.3 Å². The van der Waals surface area contributed by atoms with Crippen molar-refractivity contribution in [1.29, 1.82) is 0 Å². The first kappa shape index (κ1) is 23.8. The molecule has 5 nitrogen and oxygen atoms in total. The minimum Gasteiger partial charge on any atom is -0.497 e. The van der Waals surface area contributed by atoms with Crippen LogP contribution in [-0.4, -0.2) is 22.6 Å². The van der Waals surface area contributed by atoms with Crippen molar-refractivity contribution in [2.45, 2.75) is 24.8 Å². The van der Waals surface area contributed by atoms with Gasteiger partial charge in [-0.05, 0) is 67.9 Å². The fraction of sp³-hybridized carbons (Fsp3) is 0.217. The predicted molar refractivity (Wildman–Crippen MR) is 120 cm³/mol. The Balaban J connectivity index is 2.26. The van der Waals surface area contributed by atoms with Gasteiger partial charge in [-0.1, -0.05) is 17.7 Å². The van der Waals surface area contributed by atoms with Gasteiger partial charge in [-0.3, -0.25) is 4.31 Å². The van der Waals surface area contributed by atoms with Crippen LogP contribution in [0, 0.1) is 18.6 Å². The van der Waals surface area contributed by atoms with Gasteiger partial charge in [0.2, 0.25) is 0 Å². The molecule has 0 aliphatic carbocycles. The zero-order valence-electron chi connectivity index (χ0n) is 17.9. The Morgan fingerprint density at radius 2 is 1.66 bits per heavy atom. The Labute approximate surface area is 191 Å². The maximum atomic E-state index is 14.4. The molecule has 0 aromatic heterocycles. The van der Waals surface area contributed by atoms with Crippen LogP contribution in [0.1, 0.15) is 24.1 Å². The molecule has 0 radical (unpaired) electrons. The lowest BCUT2D eigenvalue weighted by atomic mass is 10.1. The zero-order valence-corrected chi connectivity index (χ0v) is 19.5. The quantitative estimate of drug-likeness (QED) is 0.421. The first-order chi connectivity index (χ1) is 15.1. The van der Waals surface area contributed by atoms with Crippen LogP contribution in [0.2, 0.25) is 5.02 Å². The van der Waals surface area contributed by atoms with Gasteiger partial charge < -0.3 is 9.47 Å². The highest BCUT2D eigenvalue weighted by Crippen LogP contribution is 2.39. The molecule has 9 heteroatoms. The lowest BCUT2D eigenvalue weighted by Crippen LogP contribution is -2.34. The summed E-state index contributed by atoms with van der Waals surface area (Å²) in [5.74, 6) is -0.404. The normalized spacial score (nSPS) is 12.3. The van der Waals surface area contributed by atoms with Crippen molar-refractivity contribution in [3.63, 3.8) is 0 Å². The van der Waals surface area contributed by atoms with Gasteiger partial charge in [0.1, 0.15) is 23.1 Å². The van der Waals surface area contributed by atoms with Crippen LogP contribution in [0.4, 0.5) is 14.5 Å². The largest absolute Gasteiger partial charge is 0.497 e. The van der Waals surface area contributed by atoms with Crippen LogP contribution >= 0.6 is 11.6 Å². The first-order valence-electron chi connectivity index (χ1n) is 9.57. The second kappa shape index (κ2) is 9.34. The van der Waals surface area contributed by atoms with E-state index in [1.165, 1.54) is 26.4 Å². The number of aryl methyl sites for hydroxylation is 1. The molecule has 3 rings (SSSR count). The van der Waals surface area contributed by atoms with E-state index in [0.29, 0.717) is 22.6 Å². The van der Waals surface area contributed by atoms with E-state index in [9.17, 15) is 17.2 Å². The summed E-state index contributed by atoms with van der Waals surface area (Å²) in [7, 11) is -1.35. The average Bonchev–Trinajstić information content (AvgIpc) is 2.77. The summed E-state index contributed by atoms with van der Waals surface area (Å²) in [6.07, 6.45) is 0. The van der Waals surface area contributed by atoms with Crippen molar-refractivity contribution in [2.24, 2.45) is 0 Å².